The molecule has 2 amide bonds. The van der Waals surface area contributed by atoms with E-state index in [0.717, 1.165) is 50.2 Å². The van der Waals surface area contributed by atoms with Crippen molar-refractivity contribution in [1.82, 2.24) is 10.3 Å². The number of benzene rings is 1. The number of anilines is 2. The zero-order valence-electron chi connectivity index (χ0n) is 15.0. The Kier molecular flexibility index (Phi) is 3.79. The number of rotatable bonds is 2. The average molecular weight is 388 g/mol. The predicted octanol–water partition coefficient (Wildman–Crippen LogP) is 4.04. The Morgan fingerprint density at radius 2 is 1.96 bits per heavy atom. The Hall–Kier alpha value is -2.77. The summed E-state index contributed by atoms with van der Waals surface area (Å²) in [6.07, 6.45) is -1.58. The molecule has 1 aromatic heterocycles. The van der Waals surface area contributed by atoms with Gasteiger partial charge in [0, 0.05) is 24.7 Å². The molecule has 1 saturated carbocycles. The Balaban J connectivity index is 1.55. The molecule has 1 saturated heterocycles. The Bertz CT molecular complexity index is 941. The summed E-state index contributed by atoms with van der Waals surface area (Å²) in [6, 6.07) is 8.81. The molecule has 0 radical (unpaired) electrons. The molecule has 0 unspecified atom stereocenters. The number of hydrogen-bond acceptors (Lipinski definition) is 3. The SMILES string of the molecule is O=C(NC1CC1)N1c2nc(-c3cccc(C(F)(F)F)c3)ccc2N2CC[C@H]1C2. The van der Waals surface area contributed by atoms with Crippen molar-refractivity contribution in [2.45, 2.75) is 37.5 Å². The Morgan fingerprint density at radius 3 is 2.71 bits per heavy atom. The fourth-order valence-electron chi connectivity index (χ4n) is 3.96. The molecular weight excluding hydrogens is 369 g/mol. The van der Waals surface area contributed by atoms with Crippen LogP contribution in [0.5, 0.6) is 0 Å². The van der Waals surface area contributed by atoms with E-state index in [2.05, 4.69) is 15.2 Å². The van der Waals surface area contributed by atoms with Gasteiger partial charge in [0.25, 0.3) is 0 Å². The molecule has 1 atom stereocenters. The molecule has 146 valence electrons. The van der Waals surface area contributed by atoms with E-state index in [4.69, 9.17) is 0 Å². The molecule has 2 fully saturated rings. The van der Waals surface area contributed by atoms with Gasteiger partial charge in [-0.2, -0.15) is 13.2 Å². The minimum Gasteiger partial charge on any atom is -0.366 e. The highest BCUT2D eigenvalue weighted by molar-refractivity contribution is 5.97. The smallest absolute Gasteiger partial charge is 0.366 e. The van der Waals surface area contributed by atoms with Gasteiger partial charge in [-0.15, -0.1) is 0 Å². The summed E-state index contributed by atoms with van der Waals surface area (Å²) in [7, 11) is 0. The normalized spacial score (nSPS) is 20.9. The van der Waals surface area contributed by atoms with Crippen LogP contribution in [0, 0.1) is 0 Å². The number of nitrogens with one attached hydrogen (secondary N) is 1. The largest absolute Gasteiger partial charge is 0.416 e. The van der Waals surface area contributed by atoms with Crippen LogP contribution in [0.3, 0.4) is 0 Å². The number of hydrogen-bond donors (Lipinski definition) is 1. The monoisotopic (exact) mass is 388 g/mol. The molecule has 2 aromatic rings. The van der Waals surface area contributed by atoms with Crippen LogP contribution < -0.4 is 15.1 Å². The van der Waals surface area contributed by atoms with Crippen molar-refractivity contribution < 1.29 is 18.0 Å². The second kappa shape index (κ2) is 6.12. The predicted molar refractivity (Wildman–Crippen MR) is 99.3 cm³/mol. The van der Waals surface area contributed by atoms with Crippen molar-refractivity contribution in [2.24, 2.45) is 0 Å². The lowest BCUT2D eigenvalue weighted by atomic mass is 10.1. The average Bonchev–Trinajstić information content (AvgIpc) is 3.39. The minimum absolute atomic E-state index is 0.0375. The first kappa shape index (κ1) is 17.3. The minimum atomic E-state index is -4.41. The number of urea groups is 1. The first-order valence-corrected chi connectivity index (χ1v) is 9.43. The summed E-state index contributed by atoms with van der Waals surface area (Å²) in [5.74, 6) is 0.529. The molecule has 2 aliphatic heterocycles. The summed E-state index contributed by atoms with van der Waals surface area (Å²) in [4.78, 5) is 21.4. The van der Waals surface area contributed by atoms with E-state index in [1.807, 2.05) is 6.07 Å². The van der Waals surface area contributed by atoms with Gasteiger partial charge in [-0.25, -0.2) is 9.78 Å². The number of pyridine rings is 1. The number of fused-ring (bicyclic) bond motifs is 4. The van der Waals surface area contributed by atoms with Crippen LogP contribution in [0.4, 0.5) is 29.5 Å². The molecule has 3 heterocycles. The van der Waals surface area contributed by atoms with Gasteiger partial charge in [-0.05, 0) is 43.5 Å². The van der Waals surface area contributed by atoms with Crippen LogP contribution in [-0.4, -0.2) is 36.2 Å². The summed E-state index contributed by atoms with van der Waals surface area (Å²) in [5, 5.41) is 3.02. The van der Waals surface area contributed by atoms with Crippen molar-refractivity contribution in [2.75, 3.05) is 22.9 Å². The van der Waals surface area contributed by atoms with E-state index in [1.54, 1.807) is 17.0 Å². The summed E-state index contributed by atoms with van der Waals surface area (Å²) in [5.41, 5.74) is 0.955. The molecule has 3 aliphatic rings. The molecule has 1 aromatic carbocycles. The Labute approximate surface area is 160 Å². The Morgan fingerprint density at radius 1 is 1.14 bits per heavy atom. The lowest BCUT2D eigenvalue weighted by Crippen LogP contribution is -2.51. The number of carbonyl (C=O) groups is 1. The summed E-state index contributed by atoms with van der Waals surface area (Å²) >= 11 is 0. The molecule has 1 N–H and O–H groups in total. The van der Waals surface area contributed by atoms with E-state index in [9.17, 15) is 18.0 Å². The second-order valence-corrected chi connectivity index (χ2v) is 7.60. The number of amides is 2. The van der Waals surface area contributed by atoms with Crippen molar-refractivity contribution in [3.63, 3.8) is 0 Å². The zero-order valence-corrected chi connectivity index (χ0v) is 15.0. The molecule has 1 aliphatic carbocycles. The van der Waals surface area contributed by atoms with Crippen LogP contribution in [0.25, 0.3) is 11.3 Å². The van der Waals surface area contributed by atoms with E-state index < -0.39 is 11.7 Å². The number of aromatic nitrogens is 1. The summed E-state index contributed by atoms with van der Waals surface area (Å²) < 4.78 is 39.2. The van der Waals surface area contributed by atoms with Crippen LogP contribution in [0.15, 0.2) is 36.4 Å². The van der Waals surface area contributed by atoms with Crippen molar-refractivity contribution in [3.8, 4) is 11.3 Å². The van der Waals surface area contributed by atoms with Crippen LogP contribution in [0.2, 0.25) is 0 Å². The van der Waals surface area contributed by atoms with Crippen LogP contribution in [0.1, 0.15) is 24.8 Å². The highest BCUT2D eigenvalue weighted by atomic mass is 19.4. The fourth-order valence-corrected chi connectivity index (χ4v) is 3.96. The number of nitrogens with zero attached hydrogens (tertiary/aromatic N) is 3. The molecule has 5 nitrogen and oxygen atoms in total. The lowest BCUT2D eigenvalue weighted by Gasteiger charge is -2.36. The summed E-state index contributed by atoms with van der Waals surface area (Å²) in [6.45, 7) is 1.60. The van der Waals surface area contributed by atoms with Gasteiger partial charge in [0.1, 0.15) is 0 Å². The number of alkyl halides is 3. The number of carbonyl (C=O) groups excluding carboxylic acids is 1. The van der Waals surface area contributed by atoms with Gasteiger partial charge < -0.3 is 10.2 Å². The third-order valence-corrected chi connectivity index (χ3v) is 5.56. The van der Waals surface area contributed by atoms with Gasteiger partial charge >= 0.3 is 12.2 Å². The van der Waals surface area contributed by atoms with E-state index in [1.165, 1.54) is 6.07 Å². The maximum absolute atomic E-state index is 13.1. The lowest BCUT2D eigenvalue weighted by molar-refractivity contribution is -0.137. The van der Waals surface area contributed by atoms with Crippen molar-refractivity contribution in [3.05, 3.63) is 42.0 Å². The first-order chi connectivity index (χ1) is 13.4. The quantitative estimate of drug-likeness (QED) is 0.845. The molecule has 0 spiro atoms. The maximum Gasteiger partial charge on any atom is 0.416 e. The highest BCUT2D eigenvalue weighted by Crippen LogP contribution is 2.41. The molecular formula is C20H19F3N4O. The van der Waals surface area contributed by atoms with E-state index in [0.29, 0.717) is 17.1 Å². The van der Waals surface area contributed by atoms with Gasteiger partial charge in [0.05, 0.1) is 23.0 Å². The topological polar surface area (TPSA) is 48.5 Å². The third kappa shape index (κ3) is 2.96. The standard InChI is InChI=1S/C20H19F3N4O/c21-20(22,23)13-3-1-2-12(10-13)16-6-7-17-18(25-16)27(15-8-9-26(17)11-15)19(28)24-14-4-5-14/h1-3,6-7,10,14-15H,4-5,8-9,11H2,(H,24,28)/t15-/m0/s1. The van der Waals surface area contributed by atoms with Gasteiger partial charge in [-0.1, -0.05) is 12.1 Å². The first-order valence-electron chi connectivity index (χ1n) is 9.43. The molecule has 5 rings (SSSR count). The maximum atomic E-state index is 13.1. The van der Waals surface area contributed by atoms with Gasteiger partial charge in [0.15, 0.2) is 5.82 Å². The molecule has 2 bridgehead atoms. The van der Waals surface area contributed by atoms with Crippen LogP contribution >= 0.6 is 0 Å². The van der Waals surface area contributed by atoms with Crippen molar-refractivity contribution >= 4 is 17.5 Å². The fraction of sp³-hybridized carbons (Fsp3) is 0.400. The number of halogens is 3. The van der Waals surface area contributed by atoms with E-state index in [-0.39, 0.29) is 18.1 Å². The zero-order chi connectivity index (χ0) is 19.5. The molecule has 8 heteroatoms. The highest BCUT2D eigenvalue weighted by Gasteiger charge is 2.41. The second-order valence-electron chi connectivity index (χ2n) is 7.60. The van der Waals surface area contributed by atoms with Gasteiger partial charge in [-0.3, -0.25) is 4.90 Å². The third-order valence-electron chi connectivity index (χ3n) is 5.56. The van der Waals surface area contributed by atoms with Gasteiger partial charge in [0.2, 0.25) is 0 Å². The van der Waals surface area contributed by atoms with Crippen LogP contribution in [-0.2, 0) is 6.18 Å². The van der Waals surface area contributed by atoms with E-state index >= 15 is 0 Å². The molecule has 28 heavy (non-hydrogen) atoms. The van der Waals surface area contributed by atoms with Crippen molar-refractivity contribution in [1.29, 1.82) is 0 Å².